The molecule has 1 unspecified atom stereocenters. The van der Waals surface area contributed by atoms with E-state index in [2.05, 4.69) is 16.4 Å². The number of hydrogen-bond acceptors (Lipinski definition) is 4. The Morgan fingerprint density at radius 2 is 1.69 bits per heavy atom. The fourth-order valence-corrected chi connectivity index (χ4v) is 4.61. The molecule has 5 nitrogen and oxygen atoms in total. The van der Waals surface area contributed by atoms with Gasteiger partial charge in [-0.25, -0.2) is 0 Å². The van der Waals surface area contributed by atoms with Crippen LogP contribution in [0.4, 0.5) is 5.69 Å². The molecule has 0 aliphatic rings. The molecule has 176 valence electrons. The van der Waals surface area contributed by atoms with E-state index in [-0.39, 0.29) is 17.2 Å². The predicted molar refractivity (Wildman–Crippen MR) is 145 cm³/mol. The number of aromatic nitrogens is 2. The number of rotatable bonds is 6. The number of nitriles is 1. The molecule has 2 aromatic heterocycles. The quantitative estimate of drug-likeness (QED) is 0.309. The van der Waals surface area contributed by atoms with E-state index < -0.39 is 0 Å². The van der Waals surface area contributed by atoms with Gasteiger partial charge in [0.2, 0.25) is 0 Å². The van der Waals surface area contributed by atoms with Crippen LogP contribution >= 0.6 is 0 Å². The van der Waals surface area contributed by atoms with Gasteiger partial charge in [-0.05, 0) is 43.2 Å². The van der Waals surface area contributed by atoms with Crippen molar-refractivity contribution in [3.05, 3.63) is 130 Å². The molecule has 0 spiro atoms. The molecule has 1 atom stereocenters. The highest BCUT2D eigenvalue weighted by molar-refractivity contribution is 6.03. The highest BCUT2D eigenvalue weighted by Crippen LogP contribution is 2.35. The molecule has 0 amide bonds. The zero-order valence-electron chi connectivity index (χ0n) is 20.3. The van der Waals surface area contributed by atoms with E-state index in [0.29, 0.717) is 12.1 Å². The van der Waals surface area contributed by atoms with Crippen molar-refractivity contribution >= 4 is 16.6 Å². The number of benzene rings is 3. The summed E-state index contributed by atoms with van der Waals surface area (Å²) in [6, 6.07) is 31.7. The van der Waals surface area contributed by atoms with E-state index in [0.717, 1.165) is 39.0 Å². The van der Waals surface area contributed by atoms with Gasteiger partial charge in [-0.3, -0.25) is 9.78 Å². The highest BCUT2D eigenvalue weighted by Gasteiger charge is 2.21. The first-order valence-electron chi connectivity index (χ1n) is 11.9. The molecule has 5 aromatic rings. The summed E-state index contributed by atoms with van der Waals surface area (Å²) in [6.45, 7) is 4.42. The summed E-state index contributed by atoms with van der Waals surface area (Å²) in [7, 11) is 0. The topological polar surface area (TPSA) is 70.7 Å². The number of fused-ring (bicyclic) bond motifs is 1. The Labute approximate surface area is 210 Å². The van der Waals surface area contributed by atoms with Crippen molar-refractivity contribution < 1.29 is 0 Å². The third-order valence-corrected chi connectivity index (χ3v) is 6.42. The normalized spacial score (nSPS) is 11.7. The number of nitrogens with zero attached hydrogens (tertiary/aromatic N) is 3. The van der Waals surface area contributed by atoms with Crippen molar-refractivity contribution in [1.82, 2.24) is 9.55 Å². The first kappa shape index (κ1) is 23.1. The van der Waals surface area contributed by atoms with Crippen LogP contribution in [0.15, 0.2) is 102 Å². The van der Waals surface area contributed by atoms with Crippen LogP contribution < -0.4 is 10.9 Å². The average Bonchev–Trinajstić information content (AvgIpc) is 2.91. The van der Waals surface area contributed by atoms with Crippen molar-refractivity contribution in [2.75, 3.05) is 5.32 Å². The molecular weight excluding hydrogens is 444 g/mol. The minimum absolute atomic E-state index is 0.0875. The van der Waals surface area contributed by atoms with Crippen LogP contribution in [-0.2, 0) is 6.54 Å². The Kier molecular flexibility index (Phi) is 6.34. The number of nitrogens with one attached hydrogen (secondary N) is 1. The van der Waals surface area contributed by atoms with Crippen molar-refractivity contribution in [2.45, 2.75) is 26.4 Å². The van der Waals surface area contributed by atoms with Crippen molar-refractivity contribution in [2.24, 2.45) is 0 Å². The molecule has 1 N–H and O–H groups in total. The molecule has 0 radical (unpaired) electrons. The summed E-state index contributed by atoms with van der Waals surface area (Å²) in [5, 5.41) is 14.6. The monoisotopic (exact) mass is 470 g/mol. The fraction of sp³-hybridized carbons (Fsp3) is 0.129. The maximum absolute atomic E-state index is 13.9. The highest BCUT2D eigenvalue weighted by atomic mass is 16.1. The van der Waals surface area contributed by atoms with Gasteiger partial charge in [-0.1, -0.05) is 78.4 Å². The van der Waals surface area contributed by atoms with E-state index >= 15 is 0 Å². The molecule has 5 heteroatoms. The maximum atomic E-state index is 13.9. The molecular formula is C31H26N4O. The van der Waals surface area contributed by atoms with E-state index in [1.54, 1.807) is 10.8 Å². The lowest BCUT2D eigenvalue weighted by molar-refractivity contribution is 0.788. The lowest BCUT2D eigenvalue weighted by Gasteiger charge is -2.21. The maximum Gasteiger partial charge on any atom is 0.269 e. The molecule has 0 saturated carbocycles. The average molecular weight is 471 g/mol. The largest absolute Gasteiger partial charge is 0.375 e. The lowest BCUT2D eigenvalue weighted by atomic mass is 9.95. The molecule has 36 heavy (non-hydrogen) atoms. The molecule has 0 aliphatic heterocycles. The second-order valence-corrected chi connectivity index (χ2v) is 8.93. The van der Waals surface area contributed by atoms with Gasteiger partial charge in [0, 0.05) is 17.1 Å². The van der Waals surface area contributed by atoms with Gasteiger partial charge in [0.1, 0.15) is 11.6 Å². The Hall–Kier alpha value is -4.69. The molecule has 2 heterocycles. The standard InChI is InChI=1S/C31H26N4O/c1-21-14-16-24(17-15-21)29-25-11-8-13-28(34-22(2)27-12-6-7-18-33-27)30(25)35(31(36)26(29)19-32)20-23-9-4-3-5-10-23/h3-18,22,34H,20H2,1-2H3. The van der Waals surface area contributed by atoms with Crippen LogP contribution in [0.5, 0.6) is 0 Å². The zero-order chi connectivity index (χ0) is 25.1. The van der Waals surface area contributed by atoms with E-state index in [4.69, 9.17) is 0 Å². The number of pyridine rings is 2. The van der Waals surface area contributed by atoms with Gasteiger partial charge in [-0.2, -0.15) is 5.26 Å². The van der Waals surface area contributed by atoms with E-state index in [1.165, 1.54) is 0 Å². The van der Waals surface area contributed by atoms with Crippen molar-refractivity contribution in [3.8, 4) is 17.2 Å². The predicted octanol–water partition coefficient (Wildman–Crippen LogP) is 6.47. The molecule has 0 fully saturated rings. The summed E-state index contributed by atoms with van der Waals surface area (Å²) < 4.78 is 1.72. The second-order valence-electron chi connectivity index (χ2n) is 8.93. The van der Waals surface area contributed by atoms with Crippen LogP contribution in [0.2, 0.25) is 0 Å². The number of aryl methyl sites for hydroxylation is 1. The number of anilines is 1. The summed E-state index contributed by atoms with van der Waals surface area (Å²) >= 11 is 0. The summed E-state index contributed by atoms with van der Waals surface area (Å²) in [5.74, 6) is 0. The van der Waals surface area contributed by atoms with E-state index in [9.17, 15) is 10.1 Å². The van der Waals surface area contributed by atoms with Gasteiger partial charge in [0.15, 0.2) is 0 Å². The van der Waals surface area contributed by atoms with Gasteiger partial charge in [0.05, 0.1) is 29.5 Å². The van der Waals surface area contributed by atoms with Crippen LogP contribution in [-0.4, -0.2) is 9.55 Å². The first-order chi connectivity index (χ1) is 17.6. The summed E-state index contributed by atoms with van der Waals surface area (Å²) in [6.07, 6.45) is 1.77. The molecule has 0 bridgehead atoms. The van der Waals surface area contributed by atoms with Crippen LogP contribution in [0, 0.1) is 18.3 Å². The van der Waals surface area contributed by atoms with Crippen LogP contribution in [0.3, 0.4) is 0 Å². The molecule has 5 rings (SSSR count). The minimum Gasteiger partial charge on any atom is -0.375 e. The SMILES string of the molecule is Cc1ccc(-c2c(C#N)c(=O)n(Cc3ccccc3)c3c(NC(C)c4ccccn4)cccc23)cc1. The number of para-hydroxylation sites is 1. The van der Waals surface area contributed by atoms with Gasteiger partial charge in [0.25, 0.3) is 5.56 Å². The number of hydrogen-bond donors (Lipinski definition) is 1. The zero-order valence-corrected chi connectivity index (χ0v) is 20.3. The van der Waals surface area contributed by atoms with Crippen LogP contribution in [0.25, 0.3) is 22.0 Å². The third-order valence-electron chi connectivity index (χ3n) is 6.42. The van der Waals surface area contributed by atoms with Crippen molar-refractivity contribution in [1.29, 1.82) is 5.26 Å². The van der Waals surface area contributed by atoms with Gasteiger partial charge >= 0.3 is 0 Å². The second kappa shape index (κ2) is 9.89. The minimum atomic E-state index is -0.302. The Bertz CT molecular complexity index is 1620. The Balaban J connectivity index is 1.79. The third kappa shape index (κ3) is 4.37. The fourth-order valence-electron chi connectivity index (χ4n) is 4.61. The Morgan fingerprint density at radius 3 is 2.39 bits per heavy atom. The molecule has 0 saturated heterocycles. The summed E-state index contributed by atoms with van der Waals surface area (Å²) in [4.78, 5) is 18.4. The lowest BCUT2D eigenvalue weighted by Crippen LogP contribution is -2.25. The Morgan fingerprint density at radius 1 is 0.944 bits per heavy atom. The van der Waals surface area contributed by atoms with Crippen molar-refractivity contribution in [3.63, 3.8) is 0 Å². The summed E-state index contributed by atoms with van der Waals surface area (Å²) in [5.41, 5.74) is 5.95. The van der Waals surface area contributed by atoms with Gasteiger partial charge in [-0.15, -0.1) is 0 Å². The first-order valence-corrected chi connectivity index (χ1v) is 11.9. The van der Waals surface area contributed by atoms with Gasteiger partial charge < -0.3 is 9.88 Å². The van der Waals surface area contributed by atoms with E-state index in [1.807, 2.05) is 105 Å². The van der Waals surface area contributed by atoms with Crippen LogP contribution in [0.1, 0.15) is 35.3 Å². The molecule has 0 aliphatic carbocycles. The smallest absolute Gasteiger partial charge is 0.269 e. The molecule has 3 aromatic carbocycles.